The minimum atomic E-state index is -4.34. The number of hydrogen-bond acceptors (Lipinski definition) is 1. The number of alkyl halides is 3. The van der Waals surface area contributed by atoms with Gasteiger partial charge in [0.2, 0.25) is 0 Å². The molecule has 0 aliphatic rings. The van der Waals surface area contributed by atoms with E-state index in [9.17, 15) is 13.2 Å². The second-order valence-corrected chi connectivity index (χ2v) is 6.58. The third kappa shape index (κ3) is 3.87. The molecule has 0 spiro atoms. The molecule has 6 heteroatoms. The van der Waals surface area contributed by atoms with Crippen LogP contribution in [0.2, 0.25) is 0 Å². The fourth-order valence-corrected chi connectivity index (χ4v) is 3.46. The van der Waals surface area contributed by atoms with Gasteiger partial charge in [0.15, 0.2) is 0 Å². The summed E-state index contributed by atoms with van der Waals surface area (Å²) >= 11 is 6.75. The second kappa shape index (κ2) is 6.10. The molecule has 0 bridgehead atoms. The summed E-state index contributed by atoms with van der Waals surface area (Å²) in [6.45, 7) is 1.64. The van der Waals surface area contributed by atoms with Gasteiger partial charge >= 0.3 is 6.18 Å². The fourth-order valence-electron chi connectivity index (χ4n) is 2.14. The van der Waals surface area contributed by atoms with E-state index >= 15 is 0 Å². The monoisotopic (exact) mass is 421 g/mol. The average Bonchev–Trinajstić information content (AvgIpc) is 2.35. The minimum absolute atomic E-state index is 0.485. The minimum Gasteiger partial charge on any atom is -0.320 e. The van der Waals surface area contributed by atoms with Crippen molar-refractivity contribution in [1.29, 1.82) is 0 Å². The molecule has 0 fully saturated rings. The van der Waals surface area contributed by atoms with Crippen molar-refractivity contribution in [3.63, 3.8) is 0 Å². The molecule has 0 heterocycles. The number of nitrogens with two attached hydrogens (primary N) is 1. The van der Waals surface area contributed by atoms with Crippen LogP contribution in [0.15, 0.2) is 45.3 Å². The van der Waals surface area contributed by atoms with Crippen molar-refractivity contribution in [2.75, 3.05) is 0 Å². The van der Waals surface area contributed by atoms with E-state index in [0.29, 0.717) is 11.1 Å². The molecule has 2 aromatic rings. The maximum atomic E-state index is 12.7. The Morgan fingerprint density at radius 1 is 1.00 bits per heavy atom. The third-order valence-electron chi connectivity index (χ3n) is 3.18. The van der Waals surface area contributed by atoms with Gasteiger partial charge in [-0.05, 0) is 53.9 Å². The van der Waals surface area contributed by atoms with Crippen molar-refractivity contribution in [2.24, 2.45) is 5.73 Å². The Morgan fingerprint density at radius 3 is 2.05 bits per heavy atom. The largest absolute Gasteiger partial charge is 0.416 e. The van der Waals surface area contributed by atoms with Crippen LogP contribution in [0.4, 0.5) is 13.2 Å². The summed E-state index contributed by atoms with van der Waals surface area (Å²) in [4.78, 5) is 0. The highest BCUT2D eigenvalue weighted by molar-refractivity contribution is 9.11. The number of hydrogen-bond donors (Lipinski definition) is 1. The zero-order chi connectivity index (χ0) is 15.8. The standard InChI is InChI=1S/C15H12Br2F3N/c1-8-4-10(15(18,19)20)2-3-13(8)14(21)9-5-11(16)7-12(17)6-9/h2-7,14H,21H2,1H3. The summed E-state index contributed by atoms with van der Waals surface area (Å²) in [5.74, 6) is 0. The quantitative estimate of drug-likeness (QED) is 0.670. The van der Waals surface area contributed by atoms with Gasteiger partial charge in [0.05, 0.1) is 11.6 Å². The average molecular weight is 423 g/mol. The second-order valence-electron chi connectivity index (χ2n) is 4.75. The van der Waals surface area contributed by atoms with Crippen LogP contribution in [0.3, 0.4) is 0 Å². The maximum absolute atomic E-state index is 12.7. The first-order valence-corrected chi connectivity index (χ1v) is 7.66. The van der Waals surface area contributed by atoms with Crippen molar-refractivity contribution in [3.8, 4) is 0 Å². The lowest BCUT2D eigenvalue weighted by atomic mass is 9.94. The molecular weight excluding hydrogens is 411 g/mol. The van der Waals surface area contributed by atoms with Crippen LogP contribution < -0.4 is 5.73 Å². The summed E-state index contributed by atoms with van der Waals surface area (Å²) in [6, 6.07) is 8.73. The van der Waals surface area contributed by atoms with Crippen molar-refractivity contribution >= 4 is 31.9 Å². The van der Waals surface area contributed by atoms with Crippen molar-refractivity contribution in [1.82, 2.24) is 0 Å². The molecule has 1 unspecified atom stereocenters. The van der Waals surface area contributed by atoms with Crippen LogP contribution in [0.5, 0.6) is 0 Å². The smallest absolute Gasteiger partial charge is 0.320 e. The van der Waals surface area contributed by atoms with Crippen LogP contribution in [0.25, 0.3) is 0 Å². The Kier molecular flexibility index (Phi) is 4.80. The first kappa shape index (κ1) is 16.5. The highest BCUT2D eigenvalue weighted by atomic mass is 79.9. The van der Waals surface area contributed by atoms with Crippen LogP contribution in [0, 0.1) is 6.92 Å². The van der Waals surface area contributed by atoms with Gasteiger partial charge in [0, 0.05) is 8.95 Å². The predicted molar refractivity (Wildman–Crippen MR) is 84.1 cm³/mol. The first-order valence-electron chi connectivity index (χ1n) is 6.08. The molecule has 0 amide bonds. The zero-order valence-electron chi connectivity index (χ0n) is 11.0. The van der Waals surface area contributed by atoms with Gasteiger partial charge in [0.1, 0.15) is 0 Å². The highest BCUT2D eigenvalue weighted by Gasteiger charge is 2.31. The molecule has 0 aromatic heterocycles. The summed E-state index contributed by atoms with van der Waals surface area (Å²) in [5, 5.41) is 0. The number of rotatable bonds is 2. The molecule has 2 rings (SSSR count). The van der Waals surface area contributed by atoms with Crippen molar-refractivity contribution < 1.29 is 13.2 Å². The number of benzene rings is 2. The Bertz CT molecular complexity index is 648. The van der Waals surface area contributed by atoms with Gasteiger partial charge in [-0.2, -0.15) is 13.2 Å². The topological polar surface area (TPSA) is 26.0 Å². The third-order valence-corrected chi connectivity index (χ3v) is 4.09. The highest BCUT2D eigenvalue weighted by Crippen LogP contribution is 2.33. The molecule has 2 aromatic carbocycles. The van der Waals surface area contributed by atoms with Gasteiger partial charge in [-0.25, -0.2) is 0 Å². The van der Waals surface area contributed by atoms with Crippen molar-refractivity contribution in [3.05, 3.63) is 67.6 Å². The Balaban J connectivity index is 2.42. The predicted octanol–water partition coefficient (Wildman–Crippen LogP) is 5.59. The van der Waals surface area contributed by atoms with E-state index < -0.39 is 17.8 Å². The summed E-state index contributed by atoms with van der Waals surface area (Å²) < 4.78 is 39.8. The van der Waals surface area contributed by atoms with E-state index in [1.165, 1.54) is 6.07 Å². The maximum Gasteiger partial charge on any atom is 0.416 e. The van der Waals surface area contributed by atoms with Crippen LogP contribution in [-0.2, 0) is 6.18 Å². The van der Waals surface area contributed by atoms with Gasteiger partial charge in [-0.1, -0.05) is 37.9 Å². The Hall–Kier alpha value is -0.850. The van der Waals surface area contributed by atoms with E-state index in [4.69, 9.17) is 5.73 Å². The molecule has 1 atom stereocenters. The molecule has 0 aliphatic heterocycles. The van der Waals surface area contributed by atoms with Gasteiger partial charge < -0.3 is 5.73 Å². The fraction of sp³-hybridized carbons (Fsp3) is 0.200. The molecular formula is C15H12Br2F3N. The molecule has 0 aliphatic carbocycles. The molecule has 0 saturated heterocycles. The molecule has 1 nitrogen and oxygen atoms in total. The summed E-state index contributed by atoms with van der Waals surface area (Å²) in [6.07, 6.45) is -4.34. The normalized spacial score (nSPS) is 13.3. The number of aryl methyl sites for hydroxylation is 1. The van der Waals surface area contributed by atoms with Crippen LogP contribution in [-0.4, -0.2) is 0 Å². The molecule has 0 saturated carbocycles. The van der Waals surface area contributed by atoms with Gasteiger partial charge in [-0.3, -0.25) is 0 Å². The molecule has 2 N–H and O–H groups in total. The van der Waals surface area contributed by atoms with Crippen LogP contribution in [0.1, 0.15) is 28.3 Å². The van der Waals surface area contributed by atoms with E-state index in [0.717, 1.165) is 26.6 Å². The number of halogens is 5. The lowest BCUT2D eigenvalue weighted by molar-refractivity contribution is -0.137. The first-order chi connectivity index (χ1) is 9.68. The molecule has 0 radical (unpaired) electrons. The van der Waals surface area contributed by atoms with Crippen LogP contribution >= 0.6 is 31.9 Å². The Morgan fingerprint density at radius 2 is 1.57 bits per heavy atom. The zero-order valence-corrected chi connectivity index (χ0v) is 14.2. The van der Waals surface area contributed by atoms with Gasteiger partial charge in [0.25, 0.3) is 0 Å². The van der Waals surface area contributed by atoms with E-state index in [-0.39, 0.29) is 0 Å². The summed E-state index contributed by atoms with van der Waals surface area (Å²) in [5.41, 5.74) is 7.54. The lowest BCUT2D eigenvalue weighted by Gasteiger charge is -2.17. The molecule has 112 valence electrons. The SMILES string of the molecule is Cc1cc(C(F)(F)F)ccc1C(N)c1cc(Br)cc(Br)c1. The van der Waals surface area contributed by atoms with Crippen molar-refractivity contribution in [2.45, 2.75) is 19.1 Å². The van der Waals surface area contributed by atoms with E-state index in [1.807, 2.05) is 18.2 Å². The van der Waals surface area contributed by atoms with E-state index in [1.54, 1.807) is 6.92 Å². The molecule has 21 heavy (non-hydrogen) atoms. The van der Waals surface area contributed by atoms with Gasteiger partial charge in [-0.15, -0.1) is 0 Å². The lowest BCUT2D eigenvalue weighted by Crippen LogP contribution is -2.14. The summed E-state index contributed by atoms with van der Waals surface area (Å²) in [7, 11) is 0. The Labute approximate surface area is 137 Å². The van der Waals surface area contributed by atoms with E-state index in [2.05, 4.69) is 31.9 Å².